The molecular formula is C20H17BrN4O2. The van der Waals surface area contributed by atoms with Crippen LogP contribution >= 0.6 is 15.9 Å². The summed E-state index contributed by atoms with van der Waals surface area (Å²) in [5.41, 5.74) is 4.44. The Bertz CT molecular complexity index is 1060. The van der Waals surface area contributed by atoms with Crippen molar-refractivity contribution in [2.45, 2.75) is 20.4 Å². The third-order valence-corrected chi connectivity index (χ3v) is 4.85. The van der Waals surface area contributed by atoms with Gasteiger partial charge in [0.25, 0.3) is 0 Å². The Morgan fingerprint density at radius 1 is 1.30 bits per heavy atom. The standard InChI is InChI=1S/C20H17BrN4O2/c1-3-27-20(26)19-17-11-23-18(15-6-4-5-9-22-15)14-10-13(21)7-8-16(14)25(17)12(2)24-19/h4-10H,3,11H2,1-2H3. The van der Waals surface area contributed by atoms with E-state index in [4.69, 9.17) is 9.73 Å². The third kappa shape index (κ3) is 3.08. The summed E-state index contributed by atoms with van der Waals surface area (Å²) < 4.78 is 8.10. The van der Waals surface area contributed by atoms with E-state index in [0.717, 1.165) is 32.8 Å². The summed E-state index contributed by atoms with van der Waals surface area (Å²) in [7, 11) is 0. The minimum absolute atomic E-state index is 0.302. The van der Waals surface area contributed by atoms with Crippen LogP contribution in [-0.2, 0) is 11.3 Å². The highest BCUT2D eigenvalue weighted by molar-refractivity contribution is 9.10. The van der Waals surface area contributed by atoms with Crippen molar-refractivity contribution in [2.75, 3.05) is 6.61 Å². The molecule has 0 fully saturated rings. The van der Waals surface area contributed by atoms with E-state index < -0.39 is 5.97 Å². The number of hydrogen-bond acceptors (Lipinski definition) is 5. The predicted octanol–water partition coefficient (Wildman–Crippen LogP) is 3.87. The van der Waals surface area contributed by atoms with Crippen LogP contribution < -0.4 is 0 Å². The van der Waals surface area contributed by atoms with E-state index >= 15 is 0 Å². The van der Waals surface area contributed by atoms with E-state index in [9.17, 15) is 4.79 Å². The smallest absolute Gasteiger partial charge is 0.358 e. The molecule has 0 N–H and O–H groups in total. The molecule has 0 spiro atoms. The summed E-state index contributed by atoms with van der Waals surface area (Å²) in [5.74, 6) is 0.290. The van der Waals surface area contributed by atoms with Crippen molar-refractivity contribution in [3.8, 4) is 5.69 Å². The maximum absolute atomic E-state index is 12.4. The van der Waals surface area contributed by atoms with Gasteiger partial charge in [-0.15, -0.1) is 0 Å². The number of hydrogen-bond donors (Lipinski definition) is 0. The van der Waals surface area contributed by atoms with Crippen LogP contribution in [0.15, 0.2) is 52.1 Å². The van der Waals surface area contributed by atoms with Gasteiger partial charge in [-0.25, -0.2) is 9.78 Å². The number of fused-ring (bicyclic) bond motifs is 3. The van der Waals surface area contributed by atoms with Crippen LogP contribution in [-0.4, -0.2) is 32.8 Å². The Kier molecular flexibility index (Phi) is 4.61. The van der Waals surface area contributed by atoms with E-state index in [1.54, 1.807) is 13.1 Å². The molecule has 0 bridgehead atoms. The number of halogens is 1. The van der Waals surface area contributed by atoms with Gasteiger partial charge in [0.1, 0.15) is 5.82 Å². The predicted molar refractivity (Wildman–Crippen MR) is 106 cm³/mol. The first-order valence-corrected chi connectivity index (χ1v) is 9.41. The number of benzene rings is 1. The number of pyridine rings is 1. The second-order valence-corrected chi connectivity index (χ2v) is 6.97. The van der Waals surface area contributed by atoms with Crippen molar-refractivity contribution in [3.05, 3.63) is 75.5 Å². The van der Waals surface area contributed by atoms with Gasteiger partial charge in [0.05, 0.1) is 35.9 Å². The zero-order valence-electron chi connectivity index (χ0n) is 14.9. The molecule has 2 aromatic heterocycles. The topological polar surface area (TPSA) is 69.4 Å². The molecule has 3 heterocycles. The fourth-order valence-corrected chi connectivity index (χ4v) is 3.62. The Hall–Kier alpha value is -2.80. The lowest BCUT2D eigenvalue weighted by Crippen LogP contribution is -2.10. The Morgan fingerprint density at radius 2 is 2.15 bits per heavy atom. The van der Waals surface area contributed by atoms with Gasteiger partial charge in [-0.3, -0.25) is 14.5 Å². The summed E-state index contributed by atoms with van der Waals surface area (Å²) in [5, 5.41) is 0. The summed E-state index contributed by atoms with van der Waals surface area (Å²) in [6.07, 6.45) is 1.75. The molecule has 6 nitrogen and oxygen atoms in total. The normalized spacial score (nSPS) is 12.6. The molecule has 0 amide bonds. The molecule has 0 radical (unpaired) electrons. The molecule has 0 saturated heterocycles. The van der Waals surface area contributed by atoms with Crippen molar-refractivity contribution >= 4 is 27.6 Å². The fraction of sp³-hybridized carbons (Fsp3) is 0.200. The second kappa shape index (κ2) is 7.08. The number of nitrogens with zero attached hydrogens (tertiary/aromatic N) is 4. The van der Waals surface area contributed by atoms with Crippen molar-refractivity contribution in [1.82, 2.24) is 14.5 Å². The van der Waals surface area contributed by atoms with Gasteiger partial charge in [0, 0.05) is 16.2 Å². The van der Waals surface area contributed by atoms with Crippen LogP contribution in [0.4, 0.5) is 0 Å². The first-order chi connectivity index (χ1) is 13.1. The lowest BCUT2D eigenvalue weighted by Gasteiger charge is -2.13. The number of esters is 1. The van der Waals surface area contributed by atoms with Gasteiger partial charge in [-0.1, -0.05) is 22.0 Å². The number of aryl methyl sites for hydroxylation is 1. The maximum atomic E-state index is 12.4. The van der Waals surface area contributed by atoms with Crippen LogP contribution in [0.25, 0.3) is 5.69 Å². The number of ether oxygens (including phenoxy) is 1. The highest BCUT2D eigenvalue weighted by Gasteiger charge is 2.27. The minimum Gasteiger partial charge on any atom is -0.461 e. The lowest BCUT2D eigenvalue weighted by molar-refractivity contribution is 0.0518. The van der Waals surface area contributed by atoms with Crippen molar-refractivity contribution in [1.29, 1.82) is 0 Å². The van der Waals surface area contributed by atoms with Gasteiger partial charge in [-0.2, -0.15) is 0 Å². The minimum atomic E-state index is -0.426. The highest BCUT2D eigenvalue weighted by Crippen LogP contribution is 2.30. The van der Waals surface area contributed by atoms with Crippen LogP contribution in [0.3, 0.4) is 0 Å². The molecule has 1 aliphatic rings. The van der Waals surface area contributed by atoms with Gasteiger partial charge in [0.2, 0.25) is 0 Å². The maximum Gasteiger partial charge on any atom is 0.358 e. The van der Waals surface area contributed by atoms with E-state index in [1.165, 1.54) is 0 Å². The summed E-state index contributed by atoms with van der Waals surface area (Å²) in [4.78, 5) is 26.1. The SMILES string of the molecule is CCOC(=O)c1nc(C)n2c1CN=C(c1ccccn1)c1cc(Br)ccc1-2. The average Bonchev–Trinajstić information content (AvgIpc) is 2.90. The molecule has 1 aliphatic heterocycles. The summed E-state index contributed by atoms with van der Waals surface area (Å²) in [6, 6.07) is 11.7. The Labute approximate surface area is 165 Å². The Morgan fingerprint density at radius 3 is 2.89 bits per heavy atom. The molecule has 7 heteroatoms. The molecule has 1 aromatic carbocycles. The molecule has 3 aromatic rings. The van der Waals surface area contributed by atoms with Crippen LogP contribution in [0, 0.1) is 6.92 Å². The number of aromatic nitrogens is 3. The van der Waals surface area contributed by atoms with Crippen molar-refractivity contribution in [2.24, 2.45) is 4.99 Å². The molecule has 0 saturated carbocycles. The number of carbonyl (C=O) groups is 1. The largest absolute Gasteiger partial charge is 0.461 e. The van der Waals surface area contributed by atoms with Crippen molar-refractivity contribution in [3.63, 3.8) is 0 Å². The van der Waals surface area contributed by atoms with E-state index in [-0.39, 0.29) is 0 Å². The second-order valence-electron chi connectivity index (χ2n) is 6.05. The van der Waals surface area contributed by atoms with Crippen LogP contribution in [0.2, 0.25) is 0 Å². The van der Waals surface area contributed by atoms with Gasteiger partial charge in [0.15, 0.2) is 5.69 Å². The van der Waals surface area contributed by atoms with Gasteiger partial charge >= 0.3 is 5.97 Å². The monoisotopic (exact) mass is 424 g/mol. The van der Waals surface area contributed by atoms with Crippen LogP contribution in [0.1, 0.15) is 40.2 Å². The zero-order valence-corrected chi connectivity index (χ0v) is 16.5. The number of aliphatic imine (C=N–C) groups is 1. The molecule has 0 unspecified atom stereocenters. The van der Waals surface area contributed by atoms with E-state index in [1.807, 2.05) is 47.9 Å². The summed E-state index contributed by atoms with van der Waals surface area (Å²) in [6.45, 7) is 4.27. The van der Waals surface area contributed by atoms with Gasteiger partial charge < -0.3 is 4.74 Å². The zero-order chi connectivity index (χ0) is 19.0. The third-order valence-electron chi connectivity index (χ3n) is 4.36. The molecule has 0 aliphatic carbocycles. The molecule has 136 valence electrons. The number of imidazole rings is 1. The Balaban J connectivity index is 1.97. The fourth-order valence-electron chi connectivity index (χ4n) is 3.26. The molecule has 0 atom stereocenters. The van der Waals surface area contributed by atoms with Gasteiger partial charge in [-0.05, 0) is 44.2 Å². The number of rotatable bonds is 3. The van der Waals surface area contributed by atoms with Crippen LogP contribution in [0.5, 0.6) is 0 Å². The van der Waals surface area contributed by atoms with E-state index in [0.29, 0.717) is 24.7 Å². The lowest BCUT2D eigenvalue weighted by atomic mass is 10.0. The molecule has 4 rings (SSSR count). The molecule has 27 heavy (non-hydrogen) atoms. The first-order valence-electron chi connectivity index (χ1n) is 8.61. The number of carbonyl (C=O) groups excluding carboxylic acids is 1. The van der Waals surface area contributed by atoms with Crippen molar-refractivity contribution < 1.29 is 9.53 Å². The molecular weight excluding hydrogens is 408 g/mol. The quantitative estimate of drug-likeness (QED) is 0.598. The summed E-state index contributed by atoms with van der Waals surface area (Å²) >= 11 is 3.55. The first kappa shape index (κ1) is 17.6. The highest BCUT2D eigenvalue weighted by atomic mass is 79.9. The average molecular weight is 425 g/mol. The van der Waals surface area contributed by atoms with E-state index in [2.05, 4.69) is 25.9 Å².